The van der Waals surface area contributed by atoms with Crippen molar-refractivity contribution in [1.82, 2.24) is 15.3 Å². The minimum atomic E-state index is -0.504. The van der Waals surface area contributed by atoms with E-state index < -0.39 is 6.04 Å². The summed E-state index contributed by atoms with van der Waals surface area (Å²) in [6.45, 7) is 2.02. The third-order valence-electron chi connectivity index (χ3n) is 2.49. The minimum Gasteiger partial charge on any atom is -0.467 e. The summed E-state index contributed by atoms with van der Waals surface area (Å²) in [4.78, 5) is 19.6. The Kier molecular flexibility index (Phi) is 4.41. The Morgan fingerprint density at radius 1 is 1.55 bits per heavy atom. The Morgan fingerprint density at radius 3 is 3.00 bits per heavy atom. The number of aromatic nitrogens is 2. The molecule has 2 rings (SSSR count). The molecule has 1 unspecified atom stereocenters. The molecular weight excluding hydrogens is 282 g/mol. The van der Waals surface area contributed by atoms with Crippen molar-refractivity contribution in [3.05, 3.63) is 35.4 Å². The van der Waals surface area contributed by atoms with Gasteiger partial charge in [-0.25, -0.2) is 4.98 Å². The number of furan rings is 1. The maximum Gasteiger partial charge on any atom is 0.242 e. The molecule has 0 saturated carbocycles. The van der Waals surface area contributed by atoms with Crippen LogP contribution in [0, 0.1) is 0 Å². The molecule has 2 aromatic heterocycles. The fourth-order valence-corrected chi connectivity index (χ4v) is 1.73. The molecule has 20 heavy (non-hydrogen) atoms. The highest BCUT2D eigenvalue weighted by Gasteiger charge is 2.14. The molecule has 2 aromatic rings. The quantitative estimate of drug-likeness (QED) is 0.720. The molecule has 0 bridgehead atoms. The van der Waals surface area contributed by atoms with Crippen molar-refractivity contribution in [3.8, 4) is 0 Å². The maximum atomic E-state index is 11.9. The first-order valence-corrected chi connectivity index (χ1v) is 6.29. The molecule has 0 aliphatic rings. The molecule has 0 fully saturated rings. The predicted molar refractivity (Wildman–Crippen MR) is 75.1 cm³/mol. The van der Waals surface area contributed by atoms with E-state index in [9.17, 15) is 4.79 Å². The third kappa shape index (κ3) is 3.86. The number of anilines is 2. The molecule has 0 aliphatic carbocycles. The van der Waals surface area contributed by atoms with Crippen LogP contribution < -0.4 is 16.4 Å². The van der Waals surface area contributed by atoms with Crippen molar-refractivity contribution in [2.75, 3.05) is 11.1 Å². The van der Waals surface area contributed by atoms with Crippen LogP contribution >= 0.6 is 11.6 Å². The van der Waals surface area contributed by atoms with Crippen LogP contribution in [0.3, 0.4) is 0 Å². The van der Waals surface area contributed by atoms with Crippen LogP contribution in [0.15, 0.2) is 28.9 Å². The van der Waals surface area contributed by atoms with Crippen LogP contribution in [-0.4, -0.2) is 21.9 Å². The highest BCUT2D eigenvalue weighted by molar-refractivity contribution is 6.29. The van der Waals surface area contributed by atoms with Gasteiger partial charge in [0.25, 0.3) is 0 Å². The maximum absolute atomic E-state index is 11.9. The highest BCUT2D eigenvalue weighted by atomic mass is 35.5. The zero-order chi connectivity index (χ0) is 14.5. The molecule has 1 atom stereocenters. The molecule has 106 valence electrons. The Hall–Kier alpha value is -2.28. The molecule has 0 aliphatic heterocycles. The topological polar surface area (TPSA) is 106 Å². The van der Waals surface area contributed by atoms with Crippen LogP contribution in [0.25, 0.3) is 0 Å². The predicted octanol–water partition coefficient (Wildman–Crippen LogP) is 1.42. The van der Waals surface area contributed by atoms with Gasteiger partial charge in [-0.05, 0) is 19.1 Å². The van der Waals surface area contributed by atoms with Crippen LogP contribution in [0.4, 0.5) is 11.8 Å². The lowest BCUT2D eigenvalue weighted by molar-refractivity contribution is -0.121. The van der Waals surface area contributed by atoms with E-state index in [1.165, 1.54) is 6.07 Å². The minimum absolute atomic E-state index is 0.0446. The standard InChI is InChI=1S/C12H14ClN5O2/c1-7(11(19)15-6-8-3-2-4-20-8)16-10-5-9(13)17-12(14)18-10/h2-5,7H,6H2,1H3,(H,15,19)(H3,14,16,17,18). The summed E-state index contributed by atoms with van der Waals surface area (Å²) in [5.41, 5.74) is 5.47. The molecule has 1 amide bonds. The van der Waals surface area contributed by atoms with Crippen LogP contribution in [0.5, 0.6) is 0 Å². The molecule has 0 aromatic carbocycles. The Labute approximate surface area is 120 Å². The van der Waals surface area contributed by atoms with Crippen molar-refractivity contribution >= 4 is 29.3 Å². The van der Waals surface area contributed by atoms with Gasteiger partial charge in [-0.15, -0.1) is 0 Å². The zero-order valence-corrected chi connectivity index (χ0v) is 11.5. The molecule has 8 heteroatoms. The molecule has 0 saturated heterocycles. The van der Waals surface area contributed by atoms with Gasteiger partial charge in [0.15, 0.2) is 0 Å². The summed E-state index contributed by atoms with van der Waals surface area (Å²) in [6.07, 6.45) is 1.55. The number of carbonyl (C=O) groups is 1. The first-order chi connectivity index (χ1) is 9.54. The van der Waals surface area contributed by atoms with E-state index in [4.69, 9.17) is 21.8 Å². The summed E-state index contributed by atoms with van der Waals surface area (Å²) < 4.78 is 5.12. The van der Waals surface area contributed by atoms with Crippen molar-refractivity contribution in [2.24, 2.45) is 0 Å². The van der Waals surface area contributed by atoms with Gasteiger partial charge in [0.2, 0.25) is 11.9 Å². The number of halogens is 1. The zero-order valence-electron chi connectivity index (χ0n) is 10.8. The lowest BCUT2D eigenvalue weighted by Gasteiger charge is -2.14. The fourth-order valence-electron chi connectivity index (χ4n) is 1.54. The first kappa shape index (κ1) is 14.1. The molecular formula is C12H14ClN5O2. The van der Waals surface area contributed by atoms with Gasteiger partial charge in [0.05, 0.1) is 12.8 Å². The molecule has 7 nitrogen and oxygen atoms in total. The number of nitrogens with zero attached hydrogens (tertiary/aromatic N) is 2. The van der Waals surface area contributed by atoms with Crippen molar-refractivity contribution in [1.29, 1.82) is 0 Å². The summed E-state index contributed by atoms with van der Waals surface area (Å²) >= 11 is 5.76. The Balaban J connectivity index is 1.90. The number of carbonyl (C=O) groups excluding carboxylic acids is 1. The average Bonchev–Trinajstić information content (AvgIpc) is 2.87. The molecule has 4 N–H and O–H groups in total. The van der Waals surface area contributed by atoms with Gasteiger partial charge in [-0.2, -0.15) is 4.98 Å². The number of rotatable bonds is 5. The highest BCUT2D eigenvalue weighted by Crippen LogP contribution is 2.13. The third-order valence-corrected chi connectivity index (χ3v) is 2.68. The summed E-state index contributed by atoms with van der Waals surface area (Å²) in [7, 11) is 0. The Bertz CT molecular complexity index is 567. The number of hydrogen-bond acceptors (Lipinski definition) is 6. The van der Waals surface area contributed by atoms with Gasteiger partial charge >= 0.3 is 0 Å². The number of nitrogens with two attached hydrogens (primary N) is 1. The lowest BCUT2D eigenvalue weighted by atomic mass is 10.3. The number of nitrogen functional groups attached to an aromatic ring is 1. The number of hydrogen-bond donors (Lipinski definition) is 3. The summed E-state index contributed by atoms with van der Waals surface area (Å²) in [5.74, 6) is 0.918. The average molecular weight is 296 g/mol. The van der Waals surface area contributed by atoms with E-state index in [1.54, 1.807) is 25.3 Å². The second kappa shape index (κ2) is 6.25. The molecule has 0 spiro atoms. The second-order valence-electron chi connectivity index (χ2n) is 4.10. The van der Waals surface area contributed by atoms with E-state index in [0.29, 0.717) is 18.1 Å². The normalized spacial score (nSPS) is 11.9. The largest absolute Gasteiger partial charge is 0.467 e. The van der Waals surface area contributed by atoms with Gasteiger partial charge < -0.3 is 20.8 Å². The van der Waals surface area contributed by atoms with E-state index in [0.717, 1.165) is 0 Å². The Morgan fingerprint density at radius 2 is 2.35 bits per heavy atom. The summed E-state index contributed by atoms with van der Waals surface area (Å²) in [6, 6.07) is 4.53. The monoisotopic (exact) mass is 295 g/mol. The van der Waals surface area contributed by atoms with Crippen LogP contribution in [0.1, 0.15) is 12.7 Å². The van der Waals surface area contributed by atoms with Crippen LogP contribution in [0.2, 0.25) is 5.15 Å². The number of amides is 1. The lowest BCUT2D eigenvalue weighted by Crippen LogP contribution is -2.37. The van der Waals surface area contributed by atoms with E-state index in [1.807, 2.05) is 0 Å². The van der Waals surface area contributed by atoms with Crippen molar-refractivity contribution < 1.29 is 9.21 Å². The van der Waals surface area contributed by atoms with E-state index in [-0.39, 0.29) is 17.0 Å². The molecule has 2 heterocycles. The fraction of sp³-hybridized carbons (Fsp3) is 0.250. The van der Waals surface area contributed by atoms with Gasteiger partial charge in [0, 0.05) is 6.07 Å². The smallest absolute Gasteiger partial charge is 0.242 e. The van der Waals surface area contributed by atoms with Gasteiger partial charge in [-0.1, -0.05) is 11.6 Å². The first-order valence-electron chi connectivity index (χ1n) is 5.91. The van der Waals surface area contributed by atoms with E-state index >= 15 is 0 Å². The number of nitrogens with one attached hydrogen (secondary N) is 2. The summed E-state index contributed by atoms with van der Waals surface area (Å²) in [5, 5.41) is 5.84. The van der Waals surface area contributed by atoms with Gasteiger partial charge in [0.1, 0.15) is 22.8 Å². The SMILES string of the molecule is CC(Nc1cc(Cl)nc(N)n1)C(=O)NCc1ccco1. The van der Waals surface area contributed by atoms with Crippen molar-refractivity contribution in [3.63, 3.8) is 0 Å². The van der Waals surface area contributed by atoms with Crippen molar-refractivity contribution in [2.45, 2.75) is 19.5 Å². The molecule has 0 radical (unpaired) electrons. The van der Waals surface area contributed by atoms with Crippen LogP contribution in [-0.2, 0) is 11.3 Å². The van der Waals surface area contributed by atoms with Gasteiger partial charge in [-0.3, -0.25) is 4.79 Å². The van der Waals surface area contributed by atoms with E-state index in [2.05, 4.69) is 20.6 Å². The second-order valence-corrected chi connectivity index (χ2v) is 4.48.